The Kier molecular flexibility index (Phi) is 7.95. The third kappa shape index (κ3) is 5.39. The molecular weight excluding hydrogens is 550 g/mol. The molecule has 1 amide bonds. The van der Waals surface area contributed by atoms with Crippen LogP contribution in [0.2, 0.25) is 4.34 Å². The number of thiophene rings is 1. The van der Waals surface area contributed by atoms with Crippen LogP contribution < -0.4 is 4.80 Å². The number of amides is 1. The highest BCUT2D eigenvalue weighted by Crippen LogP contribution is 2.31. The number of thiazole rings is 1. The van der Waals surface area contributed by atoms with E-state index < -0.39 is 33.8 Å². The predicted octanol–water partition coefficient (Wildman–Crippen LogP) is 2.91. The summed E-state index contributed by atoms with van der Waals surface area (Å²) in [6.07, 6.45) is 0.981. The van der Waals surface area contributed by atoms with E-state index >= 15 is 0 Å². The molecule has 2 aromatic heterocycles. The van der Waals surface area contributed by atoms with Crippen molar-refractivity contribution in [1.82, 2.24) is 8.87 Å². The van der Waals surface area contributed by atoms with Crippen molar-refractivity contribution in [3.05, 3.63) is 45.0 Å². The predicted molar refractivity (Wildman–Crippen MR) is 135 cm³/mol. The molecule has 1 aromatic carbocycles. The van der Waals surface area contributed by atoms with Crippen LogP contribution in [-0.4, -0.2) is 62.4 Å². The molecule has 0 aliphatic carbocycles. The molecule has 1 atom stereocenters. The molecule has 1 aliphatic heterocycles. The van der Waals surface area contributed by atoms with E-state index in [1.165, 1.54) is 35.2 Å². The second kappa shape index (κ2) is 10.8. The maximum Gasteiger partial charge on any atom is 0.337 e. The first-order valence-electron chi connectivity index (χ1n) is 10.8. The van der Waals surface area contributed by atoms with Crippen molar-refractivity contribution in [3.63, 3.8) is 0 Å². The van der Waals surface area contributed by atoms with Gasteiger partial charge in [0.2, 0.25) is 0 Å². The number of esters is 2. The molecule has 1 fully saturated rings. The normalized spacial score (nSPS) is 17.3. The lowest BCUT2D eigenvalue weighted by molar-refractivity contribution is -0.141. The monoisotopic (exact) mass is 571 g/mol. The minimum Gasteiger partial charge on any atom is -0.468 e. The lowest BCUT2D eigenvalue weighted by Crippen LogP contribution is -2.42. The summed E-state index contributed by atoms with van der Waals surface area (Å²) in [5.74, 6) is -2.19. The first-order valence-corrected chi connectivity index (χ1v) is 14.2. The van der Waals surface area contributed by atoms with Gasteiger partial charge in [-0.25, -0.2) is 13.2 Å². The van der Waals surface area contributed by atoms with Crippen molar-refractivity contribution in [2.45, 2.75) is 23.6 Å². The van der Waals surface area contributed by atoms with Gasteiger partial charge in [-0.15, -0.1) is 11.3 Å². The van der Waals surface area contributed by atoms with Crippen molar-refractivity contribution in [2.75, 3.05) is 27.3 Å². The maximum atomic E-state index is 13.2. The van der Waals surface area contributed by atoms with Gasteiger partial charge in [-0.05, 0) is 43.2 Å². The summed E-state index contributed by atoms with van der Waals surface area (Å²) in [4.78, 5) is 41.7. The van der Waals surface area contributed by atoms with E-state index in [4.69, 9.17) is 21.1 Å². The standard InChI is InChI=1S/C22H22ClN3O7S3/c1-32-18(27)12-26-15-6-5-13(21(29)33-2)10-16(15)34-22(26)24-20(28)14-4-3-9-25(11-14)36(30,31)19-8-7-17(23)35-19/h5-8,10,14H,3-4,9,11-12H2,1-2H3. The molecule has 0 N–H and O–H groups in total. The Bertz CT molecular complexity index is 1510. The van der Waals surface area contributed by atoms with Crippen LogP contribution in [0, 0.1) is 5.92 Å². The summed E-state index contributed by atoms with van der Waals surface area (Å²) in [6.45, 7) is 0.0994. The molecule has 3 heterocycles. The van der Waals surface area contributed by atoms with E-state index in [1.807, 2.05) is 0 Å². The lowest BCUT2D eigenvalue weighted by Gasteiger charge is -2.29. The molecule has 4 rings (SSSR count). The minimum atomic E-state index is -3.78. The summed E-state index contributed by atoms with van der Waals surface area (Å²) in [5, 5.41) is 0. The molecule has 10 nitrogen and oxygen atoms in total. The number of hydrogen-bond acceptors (Lipinski definition) is 9. The van der Waals surface area contributed by atoms with Crippen LogP contribution in [0.5, 0.6) is 0 Å². The number of nitrogens with zero attached hydrogens (tertiary/aromatic N) is 3. The first-order chi connectivity index (χ1) is 17.1. The fourth-order valence-corrected chi connectivity index (χ4v) is 8.10. The molecule has 0 bridgehead atoms. The van der Waals surface area contributed by atoms with Gasteiger partial charge < -0.3 is 14.0 Å². The fourth-order valence-electron chi connectivity index (χ4n) is 3.86. The molecule has 0 spiro atoms. The van der Waals surface area contributed by atoms with Gasteiger partial charge in [-0.1, -0.05) is 22.9 Å². The Morgan fingerprint density at radius 2 is 1.92 bits per heavy atom. The lowest BCUT2D eigenvalue weighted by atomic mass is 9.99. The van der Waals surface area contributed by atoms with Gasteiger partial charge in [0.05, 0.1) is 40.3 Å². The highest BCUT2D eigenvalue weighted by Gasteiger charge is 2.34. The molecule has 1 unspecified atom stereocenters. The number of aromatic nitrogens is 1. The van der Waals surface area contributed by atoms with Gasteiger partial charge in [0.15, 0.2) is 4.80 Å². The number of sulfonamides is 1. The van der Waals surface area contributed by atoms with E-state index in [9.17, 15) is 22.8 Å². The molecule has 1 saturated heterocycles. The second-order valence-corrected chi connectivity index (χ2v) is 12.8. The summed E-state index contributed by atoms with van der Waals surface area (Å²) in [6, 6.07) is 7.78. The van der Waals surface area contributed by atoms with Crippen LogP contribution in [0.15, 0.2) is 39.5 Å². The molecule has 0 radical (unpaired) electrons. The summed E-state index contributed by atoms with van der Waals surface area (Å²) >= 11 is 8.01. The minimum absolute atomic E-state index is 0.00539. The number of fused-ring (bicyclic) bond motifs is 1. The average molecular weight is 572 g/mol. The highest BCUT2D eigenvalue weighted by molar-refractivity contribution is 7.91. The SMILES string of the molecule is COC(=O)Cn1c(=NC(=O)C2CCCN(S(=O)(=O)c3ccc(Cl)s3)C2)sc2cc(C(=O)OC)ccc21. The number of ether oxygens (including phenoxy) is 2. The first kappa shape index (κ1) is 26.5. The van der Waals surface area contributed by atoms with Crippen LogP contribution in [-0.2, 0) is 35.6 Å². The molecule has 192 valence electrons. The number of benzene rings is 1. The zero-order chi connectivity index (χ0) is 26.0. The van der Waals surface area contributed by atoms with Crippen LogP contribution >= 0.6 is 34.3 Å². The van der Waals surface area contributed by atoms with Crippen molar-refractivity contribution >= 4 is 72.4 Å². The van der Waals surface area contributed by atoms with Gasteiger partial charge >= 0.3 is 11.9 Å². The quantitative estimate of drug-likeness (QED) is 0.417. The number of carbonyl (C=O) groups excluding carboxylic acids is 3. The van der Waals surface area contributed by atoms with E-state index in [2.05, 4.69) is 4.99 Å². The maximum absolute atomic E-state index is 13.2. The fraction of sp³-hybridized carbons (Fsp3) is 0.364. The highest BCUT2D eigenvalue weighted by atomic mass is 35.5. The number of carbonyl (C=O) groups is 3. The van der Waals surface area contributed by atoms with E-state index in [0.717, 1.165) is 22.7 Å². The zero-order valence-electron chi connectivity index (χ0n) is 19.3. The third-order valence-corrected chi connectivity index (χ3v) is 10.3. The smallest absolute Gasteiger partial charge is 0.337 e. The molecule has 3 aromatic rings. The van der Waals surface area contributed by atoms with Gasteiger partial charge in [-0.2, -0.15) is 9.30 Å². The molecular formula is C22H22ClN3O7S3. The third-order valence-electron chi connectivity index (χ3n) is 5.70. The number of halogens is 1. The molecule has 0 saturated carbocycles. The van der Waals surface area contributed by atoms with Gasteiger partial charge in [-0.3, -0.25) is 9.59 Å². The Hall–Kier alpha value is -2.58. The number of hydrogen-bond donors (Lipinski definition) is 0. The van der Waals surface area contributed by atoms with Crippen molar-refractivity contribution < 1.29 is 32.3 Å². The summed E-state index contributed by atoms with van der Waals surface area (Å²) in [5.41, 5.74) is 0.906. The Balaban J connectivity index is 1.67. The number of piperidine rings is 1. The van der Waals surface area contributed by atoms with Crippen molar-refractivity contribution in [2.24, 2.45) is 10.9 Å². The van der Waals surface area contributed by atoms with Gasteiger partial charge in [0, 0.05) is 13.1 Å². The van der Waals surface area contributed by atoms with Crippen molar-refractivity contribution in [1.29, 1.82) is 0 Å². The Morgan fingerprint density at radius 1 is 1.14 bits per heavy atom. The molecule has 1 aliphatic rings. The second-order valence-electron chi connectivity index (χ2n) is 7.93. The van der Waals surface area contributed by atoms with Gasteiger partial charge in [0.25, 0.3) is 15.9 Å². The molecule has 36 heavy (non-hydrogen) atoms. The molecule has 14 heteroatoms. The Labute approximate surface area is 219 Å². The van der Waals surface area contributed by atoms with Crippen LogP contribution in [0.4, 0.5) is 0 Å². The Morgan fingerprint density at radius 3 is 2.58 bits per heavy atom. The zero-order valence-corrected chi connectivity index (χ0v) is 22.5. The summed E-state index contributed by atoms with van der Waals surface area (Å²) < 4.78 is 39.5. The number of rotatable bonds is 6. The van der Waals surface area contributed by atoms with E-state index in [1.54, 1.807) is 18.2 Å². The van der Waals surface area contributed by atoms with Gasteiger partial charge in [0.1, 0.15) is 10.8 Å². The van der Waals surface area contributed by atoms with Crippen LogP contribution in [0.1, 0.15) is 23.2 Å². The van der Waals surface area contributed by atoms with E-state index in [0.29, 0.717) is 39.5 Å². The van der Waals surface area contributed by atoms with Crippen LogP contribution in [0.25, 0.3) is 10.2 Å². The van der Waals surface area contributed by atoms with E-state index in [-0.39, 0.29) is 22.1 Å². The number of methoxy groups -OCH3 is 2. The topological polar surface area (TPSA) is 124 Å². The summed E-state index contributed by atoms with van der Waals surface area (Å²) in [7, 11) is -1.25. The average Bonchev–Trinajstić information content (AvgIpc) is 3.46. The van der Waals surface area contributed by atoms with Crippen LogP contribution in [0.3, 0.4) is 0 Å². The van der Waals surface area contributed by atoms with Crippen molar-refractivity contribution in [3.8, 4) is 0 Å². The largest absolute Gasteiger partial charge is 0.468 e.